The number of aryl methyl sites for hydroxylation is 1. The molecule has 0 radical (unpaired) electrons. The van der Waals surface area contributed by atoms with Crippen molar-refractivity contribution in [1.82, 2.24) is 0 Å². The summed E-state index contributed by atoms with van der Waals surface area (Å²) in [6, 6.07) is 23.8. The third kappa shape index (κ3) is 5.92. The van der Waals surface area contributed by atoms with Gasteiger partial charge in [0, 0.05) is 11.4 Å². The van der Waals surface area contributed by atoms with Crippen LogP contribution in [0.25, 0.3) is 11.1 Å². The SMILES string of the molecule is O=C(O)C(F)(CCCc1ccccc1)C/C(=N\O)c1ccc(-c2ccc(Cl)cc2)cc1. The maximum Gasteiger partial charge on any atom is 0.341 e. The number of alkyl halides is 1. The van der Waals surface area contributed by atoms with Crippen LogP contribution in [0, 0.1) is 0 Å². The Balaban J connectivity index is 1.70. The first-order valence-electron chi connectivity index (χ1n) is 9.95. The van der Waals surface area contributed by atoms with E-state index in [1.807, 2.05) is 42.5 Å². The molecule has 4 nitrogen and oxygen atoms in total. The Morgan fingerprint density at radius 3 is 2.06 bits per heavy atom. The highest BCUT2D eigenvalue weighted by molar-refractivity contribution is 6.30. The maximum absolute atomic E-state index is 15.3. The van der Waals surface area contributed by atoms with E-state index >= 15 is 4.39 Å². The molecule has 0 spiro atoms. The molecule has 3 aromatic rings. The Bertz CT molecular complexity index is 1040. The first kappa shape index (κ1) is 22.5. The van der Waals surface area contributed by atoms with Crippen LogP contribution >= 0.6 is 11.6 Å². The molecular weight excluding hydrogens is 417 g/mol. The average molecular weight is 440 g/mol. The van der Waals surface area contributed by atoms with E-state index in [4.69, 9.17) is 11.6 Å². The summed E-state index contributed by atoms with van der Waals surface area (Å²) in [5, 5.41) is 22.8. The molecule has 0 aliphatic carbocycles. The van der Waals surface area contributed by atoms with Gasteiger partial charge in [0.15, 0.2) is 0 Å². The van der Waals surface area contributed by atoms with Crippen LogP contribution in [0.4, 0.5) is 4.39 Å². The van der Waals surface area contributed by atoms with Gasteiger partial charge in [-0.1, -0.05) is 83.5 Å². The number of carbonyl (C=O) groups is 1. The largest absolute Gasteiger partial charge is 0.479 e. The van der Waals surface area contributed by atoms with Gasteiger partial charge in [0.25, 0.3) is 0 Å². The Morgan fingerprint density at radius 2 is 1.52 bits per heavy atom. The van der Waals surface area contributed by atoms with Gasteiger partial charge in [-0.3, -0.25) is 0 Å². The van der Waals surface area contributed by atoms with E-state index in [1.165, 1.54) is 0 Å². The number of carboxylic acid groups (broad SMARTS) is 1. The fraction of sp³-hybridized carbons (Fsp3) is 0.200. The van der Waals surface area contributed by atoms with Crippen molar-refractivity contribution in [2.75, 3.05) is 0 Å². The summed E-state index contributed by atoms with van der Waals surface area (Å²) in [7, 11) is 0. The molecule has 0 aliphatic heterocycles. The molecule has 3 aromatic carbocycles. The summed E-state index contributed by atoms with van der Waals surface area (Å²) in [5.41, 5.74) is 0.809. The molecule has 0 saturated heterocycles. The van der Waals surface area contributed by atoms with E-state index in [-0.39, 0.29) is 12.1 Å². The molecule has 2 N–H and O–H groups in total. The van der Waals surface area contributed by atoms with Crippen molar-refractivity contribution in [2.45, 2.75) is 31.4 Å². The van der Waals surface area contributed by atoms with E-state index in [0.717, 1.165) is 16.7 Å². The van der Waals surface area contributed by atoms with Crippen LogP contribution in [0.3, 0.4) is 0 Å². The predicted molar refractivity (Wildman–Crippen MR) is 121 cm³/mol. The first-order chi connectivity index (χ1) is 14.9. The lowest BCUT2D eigenvalue weighted by Crippen LogP contribution is -2.36. The molecule has 0 fully saturated rings. The minimum absolute atomic E-state index is 0.00716. The summed E-state index contributed by atoms with van der Waals surface area (Å²) < 4.78 is 15.3. The van der Waals surface area contributed by atoms with Crippen molar-refractivity contribution >= 4 is 23.3 Å². The average Bonchev–Trinajstić information content (AvgIpc) is 2.79. The standard InChI is InChI=1S/C25H23ClFNO3/c26-22-14-12-20(13-15-22)19-8-10-21(11-9-19)23(28-31)17-25(27,24(29)30)16-4-7-18-5-2-1-3-6-18/h1-3,5-6,8-15,31H,4,7,16-17H2,(H,29,30)/b28-23+. The van der Waals surface area contributed by atoms with Crippen molar-refractivity contribution in [3.05, 3.63) is 95.0 Å². The number of oxime groups is 1. The molecule has 31 heavy (non-hydrogen) atoms. The van der Waals surface area contributed by atoms with Gasteiger partial charge in [-0.15, -0.1) is 0 Å². The molecule has 1 unspecified atom stereocenters. The smallest absolute Gasteiger partial charge is 0.341 e. The zero-order chi connectivity index (χ0) is 22.3. The fourth-order valence-electron chi connectivity index (χ4n) is 3.45. The third-order valence-corrected chi connectivity index (χ3v) is 5.48. The minimum atomic E-state index is -2.52. The normalized spacial score (nSPS) is 13.5. The van der Waals surface area contributed by atoms with Crippen LogP contribution in [0.5, 0.6) is 0 Å². The van der Waals surface area contributed by atoms with Crippen LogP contribution < -0.4 is 0 Å². The number of aliphatic carboxylic acids is 1. The highest BCUT2D eigenvalue weighted by Crippen LogP contribution is 2.28. The van der Waals surface area contributed by atoms with Crippen molar-refractivity contribution in [2.24, 2.45) is 5.16 Å². The zero-order valence-corrected chi connectivity index (χ0v) is 17.6. The molecule has 160 valence electrons. The molecule has 0 heterocycles. The second-order valence-electron chi connectivity index (χ2n) is 7.42. The Labute approximate surface area is 185 Å². The Hall–Kier alpha value is -3.18. The van der Waals surface area contributed by atoms with Crippen LogP contribution in [0.2, 0.25) is 5.02 Å². The number of hydrogen-bond acceptors (Lipinski definition) is 3. The maximum atomic E-state index is 15.3. The molecule has 6 heteroatoms. The minimum Gasteiger partial charge on any atom is -0.479 e. The van der Waals surface area contributed by atoms with Crippen LogP contribution in [0.1, 0.15) is 30.4 Å². The second-order valence-corrected chi connectivity index (χ2v) is 7.85. The van der Waals surface area contributed by atoms with Crippen molar-refractivity contribution < 1.29 is 19.5 Å². The lowest BCUT2D eigenvalue weighted by molar-refractivity contribution is -0.151. The lowest BCUT2D eigenvalue weighted by atomic mass is 9.89. The molecular formula is C25H23ClFNO3. The molecule has 0 amide bonds. The highest BCUT2D eigenvalue weighted by atomic mass is 35.5. The third-order valence-electron chi connectivity index (χ3n) is 5.23. The summed E-state index contributed by atoms with van der Waals surface area (Å²) >= 11 is 5.92. The van der Waals surface area contributed by atoms with Gasteiger partial charge >= 0.3 is 5.97 Å². The first-order valence-corrected chi connectivity index (χ1v) is 10.3. The second kappa shape index (κ2) is 10.2. The predicted octanol–water partition coefficient (Wildman–Crippen LogP) is 6.39. The van der Waals surface area contributed by atoms with Crippen LogP contribution in [0.15, 0.2) is 84.0 Å². The van der Waals surface area contributed by atoms with Gasteiger partial charge in [-0.2, -0.15) is 0 Å². The van der Waals surface area contributed by atoms with Gasteiger partial charge < -0.3 is 10.3 Å². The number of halogens is 2. The van der Waals surface area contributed by atoms with E-state index in [2.05, 4.69) is 5.16 Å². The van der Waals surface area contributed by atoms with Crippen molar-refractivity contribution in [3.8, 4) is 11.1 Å². The van der Waals surface area contributed by atoms with Gasteiger partial charge in [0.2, 0.25) is 5.67 Å². The van der Waals surface area contributed by atoms with Crippen LogP contribution in [-0.2, 0) is 11.2 Å². The lowest BCUT2D eigenvalue weighted by Gasteiger charge is -2.21. The van der Waals surface area contributed by atoms with Gasteiger partial charge in [-0.25, -0.2) is 9.18 Å². The quantitative estimate of drug-likeness (QED) is 0.230. The summed E-state index contributed by atoms with van der Waals surface area (Å²) in [6.45, 7) is 0. The number of benzene rings is 3. The van der Waals surface area contributed by atoms with Crippen molar-refractivity contribution in [3.63, 3.8) is 0 Å². The Morgan fingerprint density at radius 1 is 0.935 bits per heavy atom. The van der Waals surface area contributed by atoms with E-state index < -0.39 is 18.1 Å². The number of hydrogen-bond donors (Lipinski definition) is 2. The topological polar surface area (TPSA) is 69.9 Å². The monoisotopic (exact) mass is 439 g/mol. The Kier molecular flexibility index (Phi) is 7.42. The fourth-order valence-corrected chi connectivity index (χ4v) is 3.57. The summed E-state index contributed by atoms with van der Waals surface area (Å²) in [5.74, 6) is -1.56. The number of nitrogens with zero attached hydrogens (tertiary/aromatic N) is 1. The molecule has 0 aliphatic rings. The number of rotatable bonds is 9. The molecule has 1 atom stereocenters. The molecule has 0 bridgehead atoms. The van der Waals surface area contributed by atoms with Gasteiger partial charge in [-0.05, 0) is 53.6 Å². The van der Waals surface area contributed by atoms with Crippen molar-refractivity contribution in [1.29, 1.82) is 0 Å². The molecule has 0 saturated carbocycles. The highest BCUT2D eigenvalue weighted by Gasteiger charge is 2.40. The van der Waals surface area contributed by atoms with Gasteiger partial charge in [0.05, 0.1) is 5.71 Å². The van der Waals surface area contributed by atoms with E-state index in [1.54, 1.807) is 36.4 Å². The number of carboxylic acids is 1. The summed E-state index contributed by atoms with van der Waals surface area (Å²) in [6.07, 6.45) is 0.231. The van der Waals surface area contributed by atoms with E-state index in [0.29, 0.717) is 23.4 Å². The molecule has 3 rings (SSSR count). The molecule has 0 aromatic heterocycles. The van der Waals surface area contributed by atoms with E-state index in [9.17, 15) is 15.1 Å². The zero-order valence-electron chi connectivity index (χ0n) is 16.8. The van der Waals surface area contributed by atoms with Gasteiger partial charge in [0.1, 0.15) is 0 Å². The summed E-state index contributed by atoms with van der Waals surface area (Å²) in [4.78, 5) is 11.7. The van der Waals surface area contributed by atoms with Crippen LogP contribution in [-0.4, -0.2) is 27.7 Å².